The molecule has 0 aliphatic carbocycles. The molecule has 2 aromatic carbocycles. The number of imide groups is 1. The first kappa shape index (κ1) is 24.4. The number of nitro groups is 1. The number of hydrogen-bond donors (Lipinski definition) is 3. The first-order chi connectivity index (χ1) is 17.8. The third-order valence-corrected chi connectivity index (χ3v) is 6.90. The van der Waals surface area contributed by atoms with Crippen LogP contribution >= 0.6 is 0 Å². The van der Waals surface area contributed by atoms with Crippen molar-refractivity contribution in [2.24, 2.45) is 0 Å². The van der Waals surface area contributed by atoms with Gasteiger partial charge in [0.15, 0.2) is 0 Å². The molecular formula is C27H27N5O5. The van der Waals surface area contributed by atoms with Crippen LogP contribution in [0.2, 0.25) is 0 Å². The normalized spacial score (nSPS) is 14.8. The molecule has 37 heavy (non-hydrogen) atoms. The Morgan fingerprint density at radius 2 is 1.68 bits per heavy atom. The second-order valence-electron chi connectivity index (χ2n) is 9.05. The number of nitro benzene ring substituents is 1. The lowest BCUT2D eigenvalue weighted by Gasteiger charge is -2.22. The van der Waals surface area contributed by atoms with Gasteiger partial charge in [-0.2, -0.15) is 0 Å². The number of amides is 2. The number of fused-ring (bicyclic) bond motifs is 2. The van der Waals surface area contributed by atoms with Gasteiger partial charge in [-0.05, 0) is 19.2 Å². The number of para-hydroxylation sites is 2. The topological polar surface area (TPSA) is 134 Å². The Morgan fingerprint density at radius 3 is 2.38 bits per heavy atom. The van der Waals surface area contributed by atoms with Crippen LogP contribution in [0.25, 0.3) is 33.0 Å². The molecule has 3 N–H and O–H groups in total. The Labute approximate surface area is 212 Å². The molecule has 0 radical (unpaired) electrons. The van der Waals surface area contributed by atoms with E-state index < -0.39 is 22.8 Å². The molecule has 5 rings (SSSR count). The van der Waals surface area contributed by atoms with Gasteiger partial charge in [-0.25, -0.2) is 0 Å². The van der Waals surface area contributed by atoms with Crippen LogP contribution in [0.4, 0.5) is 5.69 Å². The Balaban J connectivity index is 1.72. The number of aliphatic hydroxyl groups is 1. The Bertz CT molecular complexity index is 1580. The first-order valence-corrected chi connectivity index (χ1v) is 12.2. The molecule has 10 nitrogen and oxygen atoms in total. The molecule has 0 saturated heterocycles. The van der Waals surface area contributed by atoms with Gasteiger partial charge >= 0.3 is 0 Å². The number of nitrogens with zero attached hydrogens (tertiary/aromatic N) is 3. The van der Waals surface area contributed by atoms with E-state index in [4.69, 9.17) is 0 Å². The van der Waals surface area contributed by atoms with Crippen molar-refractivity contribution in [2.45, 2.75) is 26.5 Å². The van der Waals surface area contributed by atoms with Crippen molar-refractivity contribution >= 4 is 50.5 Å². The highest BCUT2D eigenvalue weighted by Crippen LogP contribution is 2.40. The minimum atomic E-state index is -0.802. The molecule has 1 atom stereocenters. The number of hydrogen-bond acceptors (Lipinski definition) is 6. The molecule has 0 spiro atoms. The third-order valence-electron chi connectivity index (χ3n) is 6.90. The van der Waals surface area contributed by atoms with Crippen molar-refractivity contribution in [2.75, 3.05) is 19.6 Å². The van der Waals surface area contributed by atoms with Gasteiger partial charge in [-0.3, -0.25) is 25.0 Å². The lowest BCUT2D eigenvalue weighted by molar-refractivity contribution is -0.383. The highest BCUT2D eigenvalue weighted by molar-refractivity contribution is 6.50. The largest absolute Gasteiger partial charge is 0.390 e. The van der Waals surface area contributed by atoms with Crippen molar-refractivity contribution in [1.29, 1.82) is 0 Å². The maximum atomic E-state index is 13.1. The number of non-ortho nitro benzene ring substituents is 1. The van der Waals surface area contributed by atoms with Crippen LogP contribution in [0.15, 0.2) is 54.9 Å². The zero-order chi connectivity index (χ0) is 26.3. The van der Waals surface area contributed by atoms with Crippen LogP contribution in [0.3, 0.4) is 0 Å². The smallest absolute Gasteiger partial charge is 0.293 e. The molecule has 3 heterocycles. The van der Waals surface area contributed by atoms with Crippen LogP contribution in [0.5, 0.6) is 0 Å². The van der Waals surface area contributed by atoms with E-state index >= 15 is 0 Å². The van der Waals surface area contributed by atoms with E-state index in [1.807, 2.05) is 38.1 Å². The molecular weight excluding hydrogens is 474 g/mol. The number of aromatic nitrogens is 2. The second kappa shape index (κ2) is 9.64. The van der Waals surface area contributed by atoms with Crippen molar-refractivity contribution in [3.05, 3.63) is 76.1 Å². The first-order valence-electron chi connectivity index (χ1n) is 12.2. The summed E-state index contributed by atoms with van der Waals surface area (Å²) in [4.78, 5) is 42.8. The van der Waals surface area contributed by atoms with Gasteiger partial charge in [0.05, 0.1) is 28.7 Å². The summed E-state index contributed by atoms with van der Waals surface area (Å²) >= 11 is 0. The van der Waals surface area contributed by atoms with Gasteiger partial charge in [0.25, 0.3) is 17.5 Å². The van der Waals surface area contributed by atoms with Gasteiger partial charge < -0.3 is 19.6 Å². The summed E-state index contributed by atoms with van der Waals surface area (Å²) in [6.45, 7) is 5.99. The fourth-order valence-corrected chi connectivity index (χ4v) is 5.14. The molecule has 190 valence electrons. The SMILES string of the molecule is CCN(CC)CC(O)Cn1cc(C2=C(c3c[nH]c4ccccc34)C(=O)NC2=O)c2cccc([N+](=O)[O-])c21. The quantitative estimate of drug-likeness (QED) is 0.183. The number of nitrogens with one attached hydrogen (secondary N) is 2. The maximum absolute atomic E-state index is 13.1. The summed E-state index contributed by atoms with van der Waals surface area (Å²) in [5, 5.41) is 26.4. The lowest BCUT2D eigenvalue weighted by Crippen LogP contribution is -2.34. The number of likely N-dealkylation sites (N-methyl/N-ethyl adjacent to an activating group) is 1. The number of carbonyl (C=O) groups is 2. The second-order valence-corrected chi connectivity index (χ2v) is 9.05. The van der Waals surface area contributed by atoms with Crippen LogP contribution in [-0.2, 0) is 16.1 Å². The summed E-state index contributed by atoms with van der Waals surface area (Å²) < 4.78 is 1.62. The number of carbonyl (C=O) groups excluding carboxylic acids is 2. The molecule has 0 fully saturated rings. The predicted octanol–water partition coefficient (Wildman–Crippen LogP) is 3.30. The Morgan fingerprint density at radius 1 is 1.00 bits per heavy atom. The molecule has 0 saturated carbocycles. The fraction of sp³-hybridized carbons (Fsp3) is 0.259. The molecule has 4 aromatic rings. The number of aromatic amines is 1. The highest BCUT2D eigenvalue weighted by atomic mass is 16.6. The highest BCUT2D eigenvalue weighted by Gasteiger charge is 2.36. The average molecular weight is 502 g/mol. The van der Waals surface area contributed by atoms with Crippen LogP contribution in [0.1, 0.15) is 25.0 Å². The van der Waals surface area contributed by atoms with E-state index in [0.717, 1.165) is 24.0 Å². The summed E-state index contributed by atoms with van der Waals surface area (Å²) in [5.74, 6) is -1.10. The monoisotopic (exact) mass is 501 g/mol. The van der Waals surface area contributed by atoms with Crippen molar-refractivity contribution in [1.82, 2.24) is 19.8 Å². The molecule has 2 aromatic heterocycles. The number of H-pyrrole nitrogens is 1. The van der Waals surface area contributed by atoms with E-state index in [0.29, 0.717) is 28.6 Å². The van der Waals surface area contributed by atoms with Gasteiger partial charge in [0.2, 0.25) is 0 Å². The molecule has 10 heteroatoms. The predicted molar refractivity (Wildman–Crippen MR) is 141 cm³/mol. The van der Waals surface area contributed by atoms with Crippen molar-refractivity contribution in [3.8, 4) is 0 Å². The van der Waals surface area contributed by atoms with Crippen LogP contribution in [-0.4, -0.2) is 62.0 Å². The van der Waals surface area contributed by atoms with Crippen molar-refractivity contribution in [3.63, 3.8) is 0 Å². The van der Waals surface area contributed by atoms with Crippen molar-refractivity contribution < 1.29 is 19.6 Å². The zero-order valence-corrected chi connectivity index (χ0v) is 20.5. The van der Waals surface area contributed by atoms with E-state index in [2.05, 4.69) is 15.2 Å². The van der Waals surface area contributed by atoms with Gasteiger partial charge in [0, 0.05) is 52.4 Å². The van der Waals surface area contributed by atoms with E-state index in [1.165, 1.54) is 6.07 Å². The minimum Gasteiger partial charge on any atom is -0.390 e. The zero-order valence-electron chi connectivity index (χ0n) is 20.5. The lowest BCUT2D eigenvalue weighted by atomic mass is 9.95. The molecule has 1 aliphatic rings. The third kappa shape index (κ3) is 4.20. The number of aliphatic hydroxyl groups excluding tert-OH is 1. The van der Waals surface area contributed by atoms with Gasteiger partial charge in [0.1, 0.15) is 5.52 Å². The molecule has 1 unspecified atom stereocenters. The fourth-order valence-electron chi connectivity index (χ4n) is 5.14. The van der Waals surface area contributed by atoms with Gasteiger partial charge in [-0.1, -0.05) is 44.2 Å². The van der Waals surface area contributed by atoms with E-state index in [1.54, 1.807) is 29.1 Å². The van der Waals surface area contributed by atoms with Crippen LogP contribution in [0, 0.1) is 10.1 Å². The maximum Gasteiger partial charge on any atom is 0.293 e. The molecule has 0 bridgehead atoms. The standard InChI is InChI=1S/C27H27N5O5/c1-3-30(4-2)13-16(33)14-31-15-20(18-9-7-11-22(25(18)31)32(36)37)24-23(26(34)29-27(24)35)19-12-28-21-10-6-5-8-17(19)21/h5-12,15-16,28,33H,3-4,13-14H2,1-2H3,(H,29,34,35). The summed E-state index contributed by atoms with van der Waals surface area (Å²) in [5.41, 5.74) is 2.29. The van der Waals surface area contributed by atoms with Gasteiger partial charge in [-0.15, -0.1) is 0 Å². The summed E-state index contributed by atoms with van der Waals surface area (Å²) in [7, 11) is 0. The average Bonchev–Trinajstić information content (AvgIpc) is 3.55. The van der Waals surface area contributed by atoms with Crippen LogP contribution < -0.4 is 5.32 Å². The molecule has 2 amide bonds. The summed E-state index contributed by atoms with van der Waals surface area (Å²) in [6.07, 6.45) is 2.52. The Kier molecular flexibility index (Phi) is 6.36. The summed E-state index contributed by atoms with van der Waals surface area (Å²) in [6, 6.07) is 12.1. The number of rotatable bonds is 9. The molecule has 1 aliphatic heterocycles. The Hall–Kier alpha value is -4.28. The number of benzene rings is 2. The minimum absolute atomic E-state index is 0.0864. The van der Waals surface area contributed by atoms with E-state index in [9.17, 15) is 24.8 Å². The van der Waals surface area contributed by atoms with E-state index in [-0.39, 0.29) is 23.4 Å².